The number of nitrogens with zero attached hydrogens (tertiary/aromatic N) is 1. The molecule has 0 spiro atoms. The van der Waals surface area contributed by atoms with E-state index in [1.807, 2.05) is 0 Å². The fourth-order valence-corrected chi connectivity index (χ4v) is 1.38. The van der Waals surface area contributed by atoms with Gasteiger partial charge in [0.1, 0.15) is 6.61 Å². The minimum Gasteiger partial charge on any atom is -0.444 e. The van der Waals surface area contributed by atoms with Crippen molar-refractivity contribution in [2.75, 3.05) is 0 Å². The van der Waals surface area contributed by atoms with Crippen molar-refractivity contribution in [1.29, 1.82) is 0 Å². The van der Waals surface area contributed by atoms with Gasteiger partial charge in [-0.3, -0.25) is 9.97 Å². The van der Waals surface area contributed by atoms with Gasteiger partial charge in [0, 0.05) is 0 Å². The van der Waals surface area contributed by atoms with E-state index in [2.05, 4.69) is 0 Å². The number of hydrogen-bond donors (Lipinski definition) is 2. The summed E-state index contributed by atoms with van der Waals surface area (Å²) in [6.07, 6.45) is -1.16. The van der Waals surface area contributed by atoms with Crippen LogP contribution in [0.2, 0.25) is 0 Å². The van der Waals surface area contributed by atoms with Gasteiger partial charge >= 0.3 is 23.2 Å². The van der Waals surface area contributed by atoms with Crippen molar-refractivity contribution in [1.82, 2.24) is 14.5 Å². The van der Waals surface area contributed by atoms with Crippen molar-refractivity contribution in [3.8, 4) is 0 Å². The van der Waals surface area contributed by atoms with E-state index in [9.17, 15) is 19.2 Å². The molecule has 2 N–H and O–H groups in total. The van der Waals surface area contributed by atoms with Gasteiger partial charge in [-0.05, 0) is 5.56 Å². The lowest BCUT2D eigenvalue weighted by Crippen LogP contribution is -2.46. The second-order valence-electron chi connectivity index (χ2n) is 3.57. The molecule has 8 nitrogen and oxygen atoms in total. The topological polar surface area (TPSA) is 114 Å². The minimum absolute atomic E-state index is 0.0926. The molecule has 0 aliphatic rings. The first-order valence-corrected chi connectivity index (χ1v) is 5.24. The number of carbonyl (C=O) groups is 1. The molecule has 1 heterocycles. The zero-order valence-corrected chi connectivity index (χ0v) is 9.58. The molecule has 2 aromatic rings. The highest BCUT2D eigenvalue weighted by Gasteiger charge is 2.13. The molecule has 0 aliphatic heterocycles. The monoisotopic (exact) mass is 263 g/mol. The number of nitrogens with one attached hydrogen (secondary N) is 2. The second-order valence-corrected chi connectivity index (χ2v) is 3.57. The number of aromatic nitrogens is 3. The Labute approximate surface area is 105 Å². The Morgan fingerprint density at radius 2 is 1.63 bits per heavy atom. The van der Waals surface area contributed by atoms with Gasteiger partial charge in [-0.2, -0.15) is 0 Å². The van der Waals surface area contributed by atoms with Crippen molar-refractivity contribution in [2.45, 2.75) is 6.61 Å². The third kappa shape index (κ3) is 2.86. The van der Waals surface area contributed by atoms with E-state index < -0.39 is 23.2 Å². The van der Waals surface area contributed by atoms with Crippen LogP contribution in [0.3, 0.4) is 0 Å². The summed E-state index contributed by atoms with van der Waals surface area (Å²) in [5.74, 6) is 0. The average molecular weight is 263 g/mol. The van der Waals surface area contributed by atoms with Crippen LogP contribution in [0.15, 0.2) is 44.7 Å². The molecule has 0 unspecified atom stereocenters. The number of hydrogen-bond acceptors (Lipinski definition) is 5. The Bertz CT molecular complexity index is 722. The normalized spacial score (nSPS) is 10.1. The summed E-state index contributed by atoms with van der Waals surface area (Å²) in [6.45, 7) is -0.0926. The Morgan fingerprint density at radius 1 is 1.05 bits per heavy atom. The second kappa shape index (κ2) is 5.17. The summed E-state index contributed by atoms with van der Waals surface area (Å²) >= 11 is 0. The van der Waals surface area contributed by atoms with E-state index in [-0.39, 0.29) is 11.2 Å². The number of H-pyrrole nitrogens is 2. The van der Waals surface area contributed by atoms with E-state index in [1.54, 1.807) is 40.3 Å². The van der Waals surface area contributed by atoms with Crippen LogP contribution >= 0.6 is 0 Å². The summed E-state index contributed by atoms with van der Waals surface area (Å²) in [5.41, 5.74) is -2.58. The summed E-state index contributed by atoms with van der Waals surface area (Å²) < 4.78 is 4.97. The molecule has 0 saturated carbocycles. The molecule has 19 heavy (non-hydrogen) atoms. The van der Waals surface area contributed by atoms with Gasteiger partial charge in [-0.25, -0.2) is 19.2 Å². The molecule has 0 bridgehead atoms. The van der Waals surface area contributed by atoms with Gasteiger partial charge in [0.05, 0.1) is 0 Å². The van der Waals surface area contributed by atoms with Crippen molar-refractivity contribution < 1.29 is 9.53 Å². The Kier molecular flexibility index (Phi) is 3.42. The lowest BCUT2D eigenvalue weighted by atomic mass is 10.2. The first-order valence-electron chi connectivity index (χ1n) is 5.24. The highest BCUT2D eigenvalue weighted by Crippen LogP contribution is 2.00. The molecular formula is C11H9N3O5. The van der Waals surface area contributed by atoms with Crippen LogP contribution in [-0.2, 0) is 11.3 Å². The molecule has 98 valence electrons. The lowest BCUT2D eigenvalue weighted by molar-refractivity contribution is 0.138. The van der Waals surface area contributed by atoms with Crippen LogP contribution in [0, 0.1) is 0 Å². The highest BCUT2D eigenvalue weighted by atomic mass is 16.6. The van der Waals surface area contributed by atoms with Crippen molar-refractivity contribution in [2.24, 2.45) is 0 Å². The minimum atomic E-state index is -1.16. The first-order chi connectivity index (χ1) is 9.08. The van der Waals surface area contributed by atoms with Gasteiger partial charge in [0.15, 0.2) is 0 Å². The maximum atomic E-state index is 11.6. The van der Waals surface area contributed by atoms with Crippen LogP contribution in [0.25, 0.3) is 0 Å². The molecule has 0 aliphatic carbocycles. The van der Waals surface area contributed by atoms with Crippen LogP contribution in [0.1, 0.15) is 5.56 Å². The molecule has 2 rings (SSSR count). The van der Waals surface area contributed by atoms with E-state index in [4.69, 9.17) is 4.74 Å². The molecule has 8 heteroatoms. The Balaban J connectivity index is 2.20. The summed E-state index contributed by atoms with van der Waals surface area (Å²) in [6, 6.07) is 8.73. The fraction of sp³-hybridized carbons (Fsp3) is 0.0909. The van der Waals surface area contributed by atoms with E-state index >= 15 is 0 Å². The summed E-state index contributed by atoms with van der Waals surface area (Å²) in [5, 5.41) is 0. The standard InChI is InChI=1S/C11H9N3O5/c15-8-12-9(16)14(10(17)13-8)11(18)19-6-7-4-2-1-3-5-7/h1-5H,6H2,(H2,12,13,15,16,17). The van der Waals surface area contributed by atoms with Crippen molar-refractivity contribution in [3.63, 3.8) is 0 Å². The zero-order chi connectivity index (χ0) is 13.8. The smallest absolute Gasteiger partial charge is 0.426 e. The predicted octanol–water partition coefficient (Wildman–Crippen LogP) is -0.590. The third-order valence-corrected chi connectivity index (χ3v) is 2.23. The number of ether oxygens (including phenoxy) is 1. The number of aromatic amines is 2. The van der Waals surface area contributed by atoms with Crippen LogP contribution in [-0.4, -0.2) is 20.6 Å². The number of rotatable bonds is 2. The van der Waals surface area contributed by atoms with Gasteiger partial charge in [0.25, 0.3) is 0 Å². The van der Waals surface area contributed by atoms with Crippen LogP contribution < -0.4 is 17.1 Å². The van der Waals surface area contributed by atoms with E-state index in [0.29, 0.717) is 5.56 Å². The van der Waals surface area contributed by atoms with E-state index in [0.717, 1.165) is 0 Å². The molecule has 0 amide bonds. The molecule has 0 radical (unpaired) electrons. The van der Waals surface area contributed by atoms with Crippen molar-refractivity contribution >= 4 is 6.09 Å². The highest BCUT2D eigenvalue weighted by molar-refractivity contribution is 5.69. The maximum Gasteiger partial charge on any atom is 0.426 e. The molecule has 0 atom stereocenters. The molecular weight excluding hydrogens is 254 g/mol. The Hall–Kier alpha value is -2.90. The third-order valence-electron chi connectivity index (χ3n) is 2.23. The van der Waals surface area contributed by atoms with Crippen LogP contribution in [0.4, 0.5) is 4.79 Å². The SMILES string of the molecule is O=C(OCc1ccccc1)n1c(=O)[nH]c(=O)[nH]c1=O. The first kappa shape index (κ1) is 12.6. The van der Waals surface area contributed by atoms with Gasteiger partial charge in [0.2, 0.25) is 0 Å². The lowest BCUT2D eigenvalue weighted by Gasteiger charge is -2.04. The quantitative estimate of drug-likeness (QED) is 0.751. The molecule has 1 aromatic heterocycles. The fourth-order valence-electron chi connectivity index (χ4n) is 1.38. The maximum absolute atomic E-state index is 11.6. The summed E-state index contributed by atoms with van der Waals surface area (Å²) in [7, 11) is 0. The largest absolute Gasteiger partial charge is 0.444 e. The zero-order valence-electron chi connectivity index (χ0n) is 9.58. The van der Waals surface area contributed by atoms with Crippen LogP contribution in [0.5, 0.6) is 0 Å². The molecule has 1 aromatic carbocycles. The van der Waals surface area contributed by atoms with Gasteiger partial charge in [-0.15, -0.1) is 4.57 Å². The van der Waals surface area contributed by atoms with Gasteiger partial charge in [-0.1, -0.05) is 30.3 Å². The molecule has 0 fully saturated rings. The number of benzene rings is 1. The summed E-state index contributed by atoms with van der Waals surface area (Å²) in [4.78, 5) is 48.5. The predicted molar refractivity (Wildman–Crippen MR) is 64.0 cm³/mol. The molecule has 0 saturated heterocycles. The van der Waals surface area contributed by atoms with Gasteiger partial charge < -0.3 is 4.74 Å². The number of carbonyl (C=O) groups excluding carboxylic acids is 1. The van der Waals surface area contributed by atoms with Crippen molar-refractivity contribution in [3.05, 3.63) is 67.3 Å². The average Bonchev–Trinajstić information content (AvgIpc) is 2.36. The van der Waals surface area contributed by atoms with E-state index in [1.165, 1.54) is 0 Å². The Morgan fingerprint density at radius 3 is 2.21 bits per heavy atom.